The average molecular weight is 384 g/mol. The van der Waals surface area contributed by atoms with Crippen molar-refractivity contribution < 1.29 is 9.18 Å². The number of anilines is 1. The minimum absolute atomic E-state index is 0.162. The summed E-state index contributed by atoms with van der Waals surface area (Å²) >= 11 is 1.39. The minimum atomic E-state index is -0.305. The molecule has 1 fully saturated rings. The fraction of sp³-hybridized carbons (Fsp3) is 0.350. The molecule has 0 unspecified atom stereocenters. The van der Waals surface area contributed by atoms with E-state index in [1.54, 1.807) is 12.1 Å². The van der Waals surface area contributed by atoms with Gasteiger partial charge in [0.2, 0.25) is 0 Å². The van der Waals surface area contributed by atoms with Crippen LogP contribution in [-0.4, -0.2) is 29.0 Å². The van der Waals surface area contributed by atoms with Crippen LogP contribution in [-0.2, 0) is 6.54 Å². The summed E-state index contributed by atoms with van der Waals surface area (Å²) in [6, 6.07) is 6.25. The Morgan fingerprint density at radius 1 is 1.26 bits per heavy atom. The Kier molecular flexibility index (Phi) is 4.78. The van der Waals surface area contributed by atoms with Crippen LogP contribution in [0.1, 0.15) is 39.5 Å². The third-order valence-corrected chi connectivity index (χ3v) is 6.02. The number of amides is 1. The van der Waals surface area contributed by atoms with E-state index in [4.69, 9.17) is 0 Å². The van der Waals surface area contributed by atoms with Gasteiger partial charge in [-0.15, -0.1) is 11.3 Å². The quantitative estimate of drug-likeness (QED) is 0.739. The zero-order valence-corrected chi connectivity index (χ0v) is 16.2. The van der Waals surface area contributed by atoms with Gasteiger partial charge in [0.05, 0.1) is 10.3 Å². The normalized spacial score (nSPS) is 14.1. The summed E-state index contributed by atoms with van der Waals surface area (Å²) in [4.78, 5) is 25.7. The Balaban J connectivity index is 1.64. The summed E-state index contributed by atoms with van der Waals surface area (Å²) in [6.45, 7) is 6.10. The zero-order valence-electron chi connectivity index (χ0n) is 15.4. The van der Waals surface area contributed by atoms with Crippen LogP contribution < -0.4 is 10.2 Å². The molecule has 1 aromatic carbocycles. The number of nitrogens with zero attached hydrogens (tertiary/aromatic N) is 3. The molecule has 7 heteroatoms. The second-order valence-electron chi connectivity index (χ2n) is 6.84. The first-order valence-corrected chi connectivity index (χ1v) is 9.90. The van der Waals surface area contributed by atoms with E-state index < -0.39 is 0 Å². The first-order chi connectivity index (χ1) is 13.0. The SMILES string of the molecule is Cc1nc(N2CCCC2)c2c(C)c(C(=O)NCc3cccc(F)c3)sc2n1. The van der Waals surface area contributed by atoms with Gasteiger partial charge < -0.3 is 10.2 Å². The highest BCUT2D eigenvalue weighted by atomic mass is 32.1. The predicted molar refractivity (Wildman–Crippen MR) is 106 cm³/mol. The number of halogens is 1. The van der Waals surface area contributed by atoms with Gasteiger partial charge in [0.25, 0.3) is 5.91 Å². The third kappa shape index (κ3) is 3.51. The van der Waals surface area contributed by atoms with Crippen LogP contribution in [0.3, 0.4) is 0 Å². The molecule has 1 saturated heterocycles. The zero-order chi connectivity index (χ0) is 19.0. The van der Waals surface area contributed by atoms with E-state index >= 15 is 0 Å². The van der Waals surface area contributed by atoms with Crippen molar-refractivity contribution >= 4 is 33.3 Å². The second-order valence-corrected chi connectivity index (χ2v) is 7.84. The summed E-state index contributed by atoms with van der Waals surface area (Å²) in [7, 11) is 0. The van der Waals surface area contributed by atoms with Crippen molar-refractivity contribution in [3.05, 3.63) is 51.9 Å². The van der Waals surface area contributed by atoms with Gasteiger partial charge in [-0.1, -0.05) is 12.1 Å². The lowest BCUT2D eigenvalue weighted by Crippen LogP contribution is -2.22. The molecule has 3 heterocycles. The first kappa shape index (κ1) is 17.9. The molecule has 0 atom stereocenters. The van der Waals surface area contributed by atoms with Gasteiger partial charge in [-0.25, -0.2) is 14.4 Å². The fourth-order valence-corrected chi connectivity index (χ4v) is 4.64. The van der Waals surface area contributed by atoms with Crippen LogP contribution in [0.4, 0.5) is 10.2 Å². The molecule has 140 valence electrons. The van der Waals surface area contributed by atoms with Crippen molar-refractivity contribution in [3.8, 4) is 0 Å². The van der Waals surface area contributed by atoms with Crippen molar-refractivity contribution in [2.45, 2.75) is 33.2 Å². The average Bonchev–Trinajstić information content (AvgIpc) is 3.28. The lowest BCUT2D eigenvalue weighted by atomic mass is 10.1. The molecule has 1 aliphatic rings. The number of nitrogens with one attached hydrogen (secondary N) is 1. The first-order valence-electron chi connectivity index (χ1n) is 9.08. The Hall–Kier alpha value is -2.54. The van der Waals surface area contributed by atoms with Gasteiger partial charge >= 0.3 is 0 Å². The summed E-state index contributed by atoms with van der Waals surface area (Å²) in [6.07, 6.45) is 2.32. The molecule has 27 heavy (non-hydrogen) atoms. The molecule has 0 bridgehead atoms. The lowest BCUT2D eigenvalue weighted by molar-refractivity contribution is 0.0954. The van der Waals surface area contributed by atoms with Crippen molar-refractivity contribution in [2.24, 2.45) is 0 Å². The number of carbonyl (C=O) groups is 1. The highest BCUT2D eigenvalue weighted by Crippen LogP contribution is 2.36. The van der Waals surface area contributed by atoms with Crippen LogP contribution >= 0.6 is 11.3 Å². The topological polar surface area (TPSA) is 58.1 Å². The third-order valence-electron chi connectivity index (χ3n) is 4.84. The molecule has 1 amide bonds. The Labute approximate surface area is 161 Å². The largest absolute Gasteiger partial charge is 0.356 e. The Bertz CT molecular complexity index is 1010. The molecule has 0 aliphatic carbocycles. The van der Waals surface area contributed by atoms with Gasteiger partial charge in [-0.05, 0) is 49.9 Å². The number of fused-ring (bicyclic) bond motifs is 1. The predicted octanol–water partition coefficient (Wildman–Crippen LogP) is 3.98. The number of benzene rings is 1. The number of thiophene rings is 1. The monoisotopic (exact) mass is 384 g/mol. The smallest absolute Gasteiger partial charge is 0.261 e. The van der Waals surface area contributed by atoms with Crippen LogP contribution in [0, 0.1) is 19.7 Å². The van der Waals surface area contributed by atoms with Gasteiger partial charge in [-0.2, -0.15) is 0 Å². The second kappa shape index (κ2) is 7.23. The van der Waals surface area contributed by atoms with Gasteiger partial charge in [0, 0.05) is 19.6 Å². The van der Waals surface area contributed by atoms with Crippen LogP contribution in [0.25, 0.3) is 10.2 Å². The number of carbonyl (C=O) groups excluding carboxylic acids is 1. The van der Waals surface area contributed by atoms with Crippen molar-refractivity contribution in [2.75, 3.05) is 18.0 Å². The molecule has 1 N–H and O–H groups in total. The van der Waals surface area contributed by atoms with E-state index in [0.29, 0.717) is 4.88 Å². The van der Waals surface area contributed by atoms with E-state index in [1.807, 2.05) is 13.8 Å². The van der Waals surface area contributed by atoms with E-state index in [9.17, 15) is 9.18 Å². The van der Waals surface area contributed by atoms with Crippen LogP contribution in [0.2, 0.25) is 0 Å². The Morgan fingerprint density at radius 3 is 2.78 bits per heavy atom. The highest BCUT2D eigenvalue weighted by molar-refractivity contribution is 7.20. The fourth-order valence-electron chi connectivity index (χ4n) is 3.51. The maximum atomic E-state index is 13.3. The molecular formula is C20H21FN4OS. The molecule has 0 saturated carbocycles. The summed E-state index contributed by atoms with van der Waals surface area (Å²) in [5.74, 6) is 1.19. The molecule has 0 spiro atoms. The van der Waals surface area contributed by atoms with Gasteiger partial charge in [0.1, 0.15) is 22.3 Å². The van der Waals surface area contributed by atoms with Crippen molar-refractivity contribution in [1.82, 2.24) is 15.3 Å². The number of hydrogen-bond acceptors (Lipinski definition) is 5. The molecule has 1 aliphatic heterocycles. The minimum Gasteiger partial charge on any atom is -0.356 e. The number of hydrogen-bond donors (Lipinski definition) is 1. The maximum Gasteiger partial charge on any atom is 0.261 e. The van der Waals surface area contributed by atoms with E-state index in [2.05, 4.69) is 20.2 Å². The van der Waals surface area contributed by atoms with Crippen molar-refractivity contribution in [3.63, 3.8) is 0 Å². The van der Waals surface area contributed by atoms with E-state index in [-0.39, 0.29) is 18.3 Å². The van der Waals surface area contributed by atoms with E-state index in [0.717, 1.165) is 58.9 Å². The lowest BCUT2D eigenvalue weighted by Gasteiger charge is -2.18. The molecule has 2 aromatic heterocycles. The molecule has 4 rings (SSSR count). The summed E-state index contributed by atoms with van der Waals surface area (Å²) < 4.78 is 13.3. The molecule has 0 radical (unpaired) electrons. The van der Waals surface area contributed by atoms with Crippen LogP contribution in [0.15, 0.2) is 24.3 Å². The van der Waals surface area contributed by atoms with E-state index in [1.165, 1.54) is 23.5 Å². The standard InChI is InChI=1S/C20H21FN4OS/c1-12-16-18(25-8-3-4-9-25)23-13(2)24-20(16)27-17(12)19(26)22-11-14-6-5-7-15(21)10-14/h5-7,10H,3-4,8-9,11H2,1-2H3,(H,22,26). The molecular weight excluding hydrogens is 363 g/mol. The molecule has 3 aromatic rings. The summed E-state index contributed by atoms with van der Waals surface area (Å²) in [5, 5.41) is 3.87. The summed E-state index contributed by atoms with van der Waals surface area (Å²) in [5.41, 5.74) is 1.64. The van der Waals surface area contributed by atoms with Crippen LogP contribution in [0.5, 0.6) is 0 Å². The van der Waals surface area contributed by atoms with Gasteiger partial charge in [-0.3, -0.25) is 4.79 Å². The van der Waals surface area contributed by atoms with Gasteiger partial charge in [0.15, 0.2) is 0 Å². The number of rotatable bonds is 4. The maximum absolute atomic E-state index is 13.3. The number of aryl methyl sites for hydroxylation is 2. The Morgan fingerprint density at radius 2 is 2.04 bits per heavy atom. The number of aromatic nitrogens is 2. The van der Waals surface area contributed by atoms with Crippen molar-refractivity contribution in [1.29, 1.82) is 0 Å². The molecule has 5 nitrogen and oxygen atoms in total. The highest BCUT2D eigenvalue weighted by Gasteiger charge is 2.24.